The van der Waals surface area contributed by atoms with Crippen molar-refractivity contribution in [2.75, 3.05) is 18.6 Å². The van der Waals surface area contributed by atoms with Crippen LogP contribution in [-0.2, 0) is 16.1 Å². The maximum Gasteiger partial charge on any atom is 0.229 e. The molecule has 1 aromatic heterocycles. The van der Waals surface area contributed by atoms with Crippen molar-refractivity contribution in [3.63, 3.8) is 0 Å². The lowest BCUT2D eigenvalue weighted by atomic mass is 10.2. The molecule has 1 aromatic carbocycles. The molecule has 7 heteroatoms. The molecule has 0 aliphatic carbocycles. The first-order chi connectivity index (χ1) is 12.2. The van der Waals surface area contributed by atoms with Gasteiger partial charge in [0.1, 0.15) is 5.75 Å². The number of methoxy groups -OCH3 is 1. The van der Waals surface area contributed by atoms with E-state index in [9.17, 15) is 9.59 Å². The van der Waals surface area contributed by atoms with E-state index in [0.29, 0.717) is 25.1 Å². The minimum Gasteiger partial charge on any atom is -0.497 e. The van der Waals surface area contributed by atoms with Gasteiger partial charge in [-0.15, -0.1) is 0 Å². The van der Waals surface area contributed by atoms with Crippen molar-refractivity contribution in [1.82, 2.24) is 14.9 Å². The molecular formula is C18H22N4O3. The molecule has 2 amide bonds. The van der Waals surface area contributed by atoms with Gasteiger partial charge >= 0.3 is 0 Å². The van der Waals surface area contributed by atoms with Crippen LogP contribution in [0.5, 0.6) is 5.75 Å². The van der Waals surface area contributed by atoms with Gasteiger partial charge in [-0.05, 0) is 18.6 Å². The predicted octanol–water partition coefficient (Wildman–Crippen LogP) is 1.59. The summed E-state index contributed by atoms with van der Waals surface area (Å²) in [6.07, 6.45) is 6.82. The highest BCUT2D eigenvalue weighted by atomic mass is 16.5. The Hall–Kier alpha value is -2.83. The van der Waals surface area contributed by atoms with Gasteiger partial charge in [0.2, 0.25) is 11.8 Å². The SMILES string of the molecule is COc1cccc(N2C[C@H](NC(=O)CCCn3ccnc3)CC2=O)c1. The molecule has 0 unspecified atom stereocenters. The van der Waals surface area contributed by atoms with Crippen LogP contribution in [0.25, 0.3) is 0 Å². The molecule has 1 saturated heterocycles. The number of amides is 2. The second kappa shape index (κ2) is 7.83. The summed E-state index contributed by atoms with van der Waals surface area (Å²) in [6, 6.07) is 7.23. The van der Waals surface area contributed by atoms with Crippen molar-refractivity contribution >= 4 is 17.5 Å². The average molecular weight is 342 g/mol. The van der Waals surface area contributed by atoms with E-state index in [1.54, 1.807) is 24.5 Å². The Morgan fingerprint density at radius 2 is 2.32 bits per heavy atom. The van der Waals surface area contributed by atoms with Crippen LogP contribution < -0.4 is 15.0 Å². The van der Waals surface area contributed by atoms with Crippen LogP contribution in [0, 0.1) is 0 Å². The van der Waals surface area contributed by atoms with Crippen LogP contribution in [-0.4, -0.2) is 41.1 Å². The molecule has 2 heterocycles. The van der Waals surface area contributed by atoms with Crippen LogP contribution in [0.4, 0.5) is 5.69 Å². The van der Waals surface area contributed by atoms with Crippen LogP contribution in [0.2, 0.25) is 0 Å². The fraction of sp³-hybridized carbons (Fsp3) is 0.389. The van der Waals surface area contributed by atoms with Gasteiger partial charge in [0.25, 0.3) is 0 Å². The average Bonchev–Trinajstić information content (AvgIpc) is 3.24. The molecule has 0 spiro atoms. The standard InChI is InChI=1S/C18H22N4O3/c1-25-16-5-2-4-15(11-16)22-12-14(10-18(22)24)20-17(23)6-3-8-21-9-7-19-13-21/h2,4-5,7,9,11,13-14H,3,6,8,10,12H2,1H3,(H,20,23)/t14-/m1/s1. The third-order valence-electron chi connectivity index (χ3n) is 4.23. The summed E-state index contributed by atoms with van der Waals surface area (Å²) >= 11 is 0. The largest absolute Gasteiger partial charge is 0.497 e. The van der Waals surface area contributed by atoms with Gasteiger partial charge in [0, 0.05) is 50.1 Å². The molecule has 132 valence electrons. The van der Waals surface area contributed by atoms with E-state index in [1.807, 2.05) is 35.0 Å². The highest BCUT2D eigenvalue weighted by molar-refractivity contribution is 5.97. The Labute approximate surface area is 146 Å². The number of imidazole rings is 1. The summed E-state index contributed by atoms with van der Waals surface area (Å²) in [7, 11) is 1.59. The third kappa shape index (κ3) is 4.37. The fourth-order valence-corrected chi connectivity index (χ4v) is 2.97. The Morgan fingerprint density at radius 3 is 3.08 bits per heavy atom. The molecule has 1 fully saturated rings. The van der Waals surface area contributed by atoms with E-state index < -0.39 is 0 Å². The molecule has 2 aromatic rings. The van der Waals surface area contributed by atoms with Gasteiger partial charge in [-0.3, -0.25) is 9.59 Å². The van der Waals surface area contributed by atoms with E-state index in [0.717, 1.165) is 18.7 Å². The third-order valence-corrected chi connectivity index (χ3v) is 4.23. The number of nitrogens with zero attached hydrogens (tertiary/aromatic N) is 3. The van der Waals surface area contributed by atoms with Gasteiger partial charge in [-0.2, -0.15) is 0 Å². The number of aromatic nitrogens is 2. The summed E-state index contributed by atoms with van der Waals surface area (Å²) < 4.78 is 7.14. The Morgan fingerprint density at radius 1 is 1.44 bits per heavy atom. The maximum atomic E-state index is 12.3. The molecule has 7 nitrogen and oxygen atoms in total. The fourth-order valence-electron chi connectivity index (χ4n) is 2.97. The first kappa shape index (κ1) is 17.0. The summed E-state index contributed by atoms with van der Waals surface area (Å²) in [5.41, 5.74) is 0.793. The lowest BCUT2D eigenvalue weighted by Gasteiger charge is -2.18. The van der Waals surface area contributed by atoms with Crippen molar-refractivity contribution < 1.29 is 14.3 Å². The number of nitrogens with one attached hydrogen (secondary N) is 1. The first-order valence-corrected chi connectivity index (χ1v) is 8.35. The first-order valence-electron chi connectivity index (χ1n) is 8.35. The number of rotatable bonds is 7. The van der Waals surface area contributed by atoms with E-state index in [4.69, 9.17) is 4.74 Å². The van der Waals surface area contributed by atoms with Crippen molar-refractivity contribution in [2.45, 2.75) is 31.8 Å². The molecule has 1 aliphatic heterocycles. The van der Waals surface area contributed by atoms with E-state index >= 15 is 0 Å². The predicted molar refractivity (Wildman–Crippen MR) is 93.4 cm³/mol. The zero-order chi connectivity index (χ0) is 17.6. The normalized spacial score (nSPS) is 16.9. The smallest absolute Gasteiger partial charge is 0.229 e. The molecule has 3 rings (SSSR count). The highest BCUT2D eigenvalue weighted by Crippen LogP contribution is 2.25. The van der Waals surface area contributed by atoms with E-state index in [2.05, 4.69) is 10.3 Å². The summed E-state index contributed by atoms with van der Waals surface area (Å²) in [6.45, 7) is 1.24. The number of carbonyl (C=O) groups is 2. The van der Waals surface area contributed by atoms with Gasteiger partial charge in [-0.25, -0.2) is 4.98 Å². The molecule has 25 heavy (non-hydrogen) atoms. The molecule has 1 atom stereocenters. The topological polar surface area (TPSA) is 76.5 Å². The van der Waals surface area contributed by atoms with Crippen molar-refractivity contribution in [3.8, 4) is 5.75 Å². The number of anilines is 1. The van der Waals surface area contributed by atoms with Crippen LogP contribution in [0.1, 0.15) is 19.3 Å². The molecule has 0 radical (unpaired) electrons. The summed E-state index contributed by atoms with van der Waals surface area (Å²) in [5.74, 6) is 0.694. The number of hydrogen-bond acceptors (Lipinski definition) is 4. The van der Waals surface area contributed by atoms with Crippen LogP contribution >= 0.6 is 0 Å². The minimum atomic E-state index is -0.153. The lowest BCUT2D eigenvalue weighted by Crippen LogP contribution is -2.37. The van der Waals surface area contributed by atoms with Crippen molar-refractivity contribution in [1.29, 1.82) is 0 Å². The minimum absolute atomic E-state index is 0.0111. The van der Waals surface area contributed by atoms with Gasteiger partial charge in [0.15, 0.2) is 0 Å². The van der Waals surface area contributed by atoms with Gasteiger partial charge in [0.05, 0.1) is 19.5 Å². The zero-order valence-electron chi connectivity index (χ0n) is 14.2. The van der Waals surface area contributed by atoms with Crippen molar-refractivity contribution in [3.05, 3.63) is 43.0 Å². The molecule has 1 aliphatic rings. The molecule has 0 bridgehead atoms. The Bertz CT molecular complexity index is 730. The van der Waals surface area contributed by atoms with Gasteiger partial charge in [-0.1, -0.05) is 6.07 Å². The number of ether oxygens (including phenoxy) is 1. The van der Waals surface area contributed by atoms with Crippen molar-refractivity contribution in [2.24, 2.45) is 0 Å². The number of aryl methyl sites for hydroxylation is 1. The molecule has 0 saturated carbocycles. The Kier molecular flexibility index (Phi) is 5.33. The van der Waals surface area contributed by atoms with Crippen LogP contribution in [0.3, 0.4) is 0 Å². The second-order valence-corrected chi connectivity index (χ2v) is 6.08. The highest BCUT2D eigenvalue weighted by Gasteiger charge is 2.31. The number of hydrogen-bond donors (Lipinski definition) is 1. The maximum absolute atomic E-state index is 12.3. The van der Waals surface area contributed by atoms with Gasteiger partial charge < -0.3 is 19.5 Å². The lowest BCUT2D eigenvalue weighted by molar-refractivity contribution is -0.121. The zero-order valence-corrected chi connectivity index (χ0v) is 14.2. The second-order valence-electron chi connectivity index (χ2n) is 6.08. The monoisotopic (exact) mass is 342 g/mol. The van der Waals surface area contributed by atoms with Crippen LogP contribution in [0.15, 0.2) is 43.0 Å². The Balaban J connectivity index is 1.49. The molecule has 1 N–H and O–H groups in total. The summed E-state index contributed by atoms with van der Waals surface area (Å²) in [5, 5.41) is 2.96. The number of benzene rings is 1. The number of carbonyl (C=O) groups excluding carboxylic acids is 2. The van der Waals surface area contributed by atoms with E-state index in [1.165, 1.54) is 0 Å². The summed E-state index contributed by atoms with van der Waals surface area (Å²) in [4.78, 5) is 30.0. The van der Waals surface area contributed by atoms with E-state index in [-0.39, 0.29) is 17.9 Å². The quantitative estimate of drug-likeness (QED) is 0.829. The molecular weight excluding hydrogens is 320 g/mol.